The standard InChI is InChI=1S/C14H17N7/c1-21-4-2-10(3-5-21)18-14-19-12(16)11-6-9(7-15)8-17-13(11)20-14/h6,8,10H,2-5H2,1H3,(H3,16,17,18,19,20). The Morgan fingerprint density at radius 2 is 2.14 bits per heavy atom. The second kappa shape index (κ2) is 5.50. The molecule has 108 valence electrons. The van der Waals surface area contributed by atoms with E-state index in [4.69, 9.17) is 11.0 Å². The van der Waals surface area contributed by atoms with Crippen LogP contribution in [0.1, 0.15) is 18.4 Å². The maximum atomic E-state index is 8.89. The summed E-state index contributed by atoms with van der Waals surface area (Å²) in [5, 5.41) is 12.8. The van der Waals surface area contributed by atoms with Crippen LogP contribution in [0, 0.1) is 11.3 Å². The fourth-order valence-corrected chi connectivity index (χ4v) is 2.50. The number of fused-ring (bicyclic) bond motifs is 1. The molecule has 0 aliphatic carbocycles. The molecule has 0 spiro atoms. The second-order valence-electron chi connectivity index (χ2n) is 5.36. The van der Waals surface area contributed by atoms with E-state index >= 15 is 0 Å². The lowest BCUT2D eigenvalue weighted by Gasteiger charge is -2.29. The highest BCUT2D eigenvalue weighted by Crippen LogP contribution is 2.20. The Bertz CT molecular complexity index is 698. The van der Waals surface area contributed by atoms with Gasteiger partial charge in [-0.3, -0.25) is 0 Å². The van der Waals surface area contributed by atoms with Gasteiger partial charge in [-0.25, -0.2) is 4.98 Å². The molecule has 7 nitrogen and oxygen atoms in total. The van der Waals surface area contributed by atoms with Crippen molar-refractivity contribution >= 4 is 22.8 Å². The Kier molecular flexibility index (Phi) is 3.54. The van der Waals surface area contributed by atoms with E-state index in [0.29, 0.717) is 34.4 Å². The van der Waals surface area contributed by atoms with Gasteiger partial charge in [0.05, 0.1) is 10.9 Å². The molecule has 1 aliphatic heterocycles. The smallest absolute Gasteiger partial charge is 0.226 e. The lowest BCUT2D eigenvalue weighted by Crippen LogP contribution is -2.37. The van der Waals surface area contributed by atoms with Gasteiger partial charge >= 0.3 is 0 Å². The number of nitrogens with zero attached hydrogens (tertiary/aromatic N) is 5. The van der Waals surface area contributed by atoms with Crippen LogP contribution in [0.5, 0.6) is 0 Å². The highest BCUT2D eigenvalue weighted by molar-refractivity contribution is 5.87. The SMILES string of the molecule is CN1CCC(Nc2nc(N)c3cc(C#N)cnc3n2)CC1. The first-order valence-electron chi connectivity index (χ1n) is 6.94. The van der Waals surface area contributed by atoms with E-state index in [-0.39, 0.29) is 0 Å². The molecule has 0 saturated carbocycles. The molecule has 0 atom stereocenters. The summed E-state index contributed by atoms with van der Waals surface area (Å²) in [6, 6.07) is 4.06. The van der Waals surface area contributed by atoms with Gasteiger partial charge in [-0.2, -0.15) is 15.2 Å². The molecule has 21 heavy (non-hydrogen) atoms. The molecule has 1 fully saturated rings. The van der Waals surface area contributed by atoms with Crippen molar-refractivity contribution in [2.45, 2.75) is 18.9 Å². The number of rotatable bonds is 2. The Morgan fingerprint density at radius 3 is 2.86 bits per heavy atom. The largest absolute Gasteiger partial charge is 0.383 e. The van der Waals surface area contributed by atoms with Crippen molar-refractivity contribution in [3.05, 3.63) is 17.8 Å². The summed E-state index contributed by atoms with van der Waals surface area (Å²) in [4.78, 5) is 15.2. The molecule has 0 bridgehead atoms. The molecule has 3 N–H and O–H groups in total. The maximum Gasteiger partial charge on any atom is 0.226 e. The summed E-state index contributed by atoms with van der Waals surface area (Å²) in [6.45, 7) is 2.12. The zero-order chi connectivity index (χ0) is 14.8. The summed E-state index contributed by atoms with van der Waals surface area (Å²) in [5.74, 6) is 0.854. The van der Waals surface area contributed by atoms with Gasteiger partial charge in [0.15, 0.2) is 5.65 Å². The highest BCUT2D eigenvalue weighted by atomic mass is 15.2. The highest BCUT2D eigenvalue weighted by Gasteiger charge is 2.18. The van der Waals surface area contributed by atoms with Gasteiger partial charge in [-0.05, 0) is 39.0 Å². The van der Waals surface area contributed by atoms with Gasteiger partial charge < -0.3 is 16.0 Å². The van der Waals surface area contributed by atoms with E-state index in [9.17, 15) is 0 Å². The van der Waals surface area contributed by atoms with Crippen LogP contribution in [0.4, 0.5) is 11.8 Å². The number of nitrogens with two attached hydrogens (primary N) is 1. The Hall–Kier alpha value is -2.46. The third kappa shape index (κ3) is 2.85. The molecule has 7 heteroatoms. The molecule has 0 aromatic carbocycles. The first-order valence-corrected chi connectivity index (χ1v) is 6.94. The monoisotopic (exact) mass is 283 g/mol. The predicted molar refractivity (Wildman–Crippen MR) is 80.6 cm³/mol. The third-order valence-corrected chi connectivity index (χ3v) is 3.76. The molecule has 0 unspecified atom stereocenters. The van der Waals surface area contributed by atoms with Gasteiger partial charge in [0.1, 0.15) is 11.9 Å². The van der Waals surface area contributed by atoms with Gasteiger partial charge in [0.25, 0.3) is 0 Å². The van der Waals surface area contributed by atoms with Crippen LogP contribution in [0.3, 0.4) is 0 Å². The molecule has 2 aromatic rings. The van der Waals surface area contributed by atoms with Crippen LogP contribution in [0.2, 0.25) is 0 Å². The van der Waals surface area contributed by atoms with Crippen LogP contribution >= 0.6 is 0 Å². The van der Waals surface area contributed by atoms with Gasteiger partial charge in [-0.1, -0.05) is 0 Å². The molecule has 0 amide bonds. The topological polar surface area (TPSA) is 104 Å². The van der Waals surface area contributed by atoms with Crippen molar-refractivity contribution in [3.63, 3.8) is 0 Å². The van der Waals surface area contributed by atoms with Crippen molar-refractivity contribution < 1.29 is 0 Å². The summed E-state index contributed by atoms with van der Waals surface area (Å²) in [7, 11) is 2.12. The lowest BCUT2D eigenvalue weighted by molar-refractivity contribution is 0.263. The van der Waals surface area contributed by atoms with Gasteiger partial charge in [-0.15, -0.1) is 0 Å². The number of likely N-dealkylation sites (tertiary alicyclic amines) is 1. The number of piperidine rings is 1. The van der Waals surface area contributed by atoms with Crippen molar-refractivity contribution in [2.75, 3.05) is 31.2 Å². The van der Waals surface area contributed by atoms with Crippen LogP contribution in [-0.2, 0) is 0 Å². The molecule has 1 saturated heterocycles. The Balaban J connectivity index is 1.85. The zero-order valence-corrected chi connectivity index (χ0v) is 11.9. The average molecular weight is 283 g/mol. The van der Waals surface area contributed by atoms with E-state index in [2.05, 4.69) is 32.2 Å². The predicted octanol–water partition coefficient (Wildman–Crippen LogP) is 0.985. The number of hydrogen-bond donors (Lipinski definition) is 2. The Labute approximate surface area is 122 Å². The number of aromatic nitrogens is 3. The van der Waals surface area contributed by atoms with E-state index in [1.54, 1.807) is 6.07 Å². The number of nitrogens with one attached hydrogen (secondary N) is 1. The number of pyridine rings is 1. The molecular weight excluding hydrogens is 266 g/mol. The minimum absolute atomic E-state index is 0.347. The first kappa shape index (κ1) is 13.5. The minimum Gasteiger partial charge on any atom is -0.383 e. The molecule has 3 heterocycles. The quantitative estimate of drug-likeness (QED) is 0.846. The normalized spacial score (nSPS) is 16.8. The van der Waals surface area contributed by atoms with Crippen LogP contribution in [0.25, 0.3) is 11.0 Å². The van der Waals surface area contributed by atoms with E-state index in [1.165, 1.54) is 6.20 Å². The van der Waals surface area contributed by atoms with E-state index in [0.717, 1.165) is 25.9 Å². The van der Waals surface area contributed by atoms with E-state index < -0.39 is 0 Å². The molecule has 3 rings (SSSR count). The first-order chi connectivity index (χ1) is 10.2. The fraction of sp³-hybridized carbons (Fsp3) is 0.429. The number of nitrogen functional groups attached to an aromatic ring is 1. The summed E-state index contributed by atoms with van der Waals surface area (Å²) < 4.78 is 0. The van der Waals surface area contributed by atoms with Gasteiger partial charge in [0.2, 0.25) is 5.95 Å². The van der Waals surface area contributed by atoms with Crippen molar-refractivity contribution in [1.82, 2.24) is 19.9 Å². The average Bonchev–Trinajstić information content (AvgIpc) is 2.49. The molecular formula is C14H17N7. The zero-order valence-electron chi connectivity index (χ0n) is 11.9. The number of hydrogen-bond acceptors (Lipinski definition) is 7. The minimum atomic E-state index is 0.347. The van der Waals surface area contributed by atoms with Crippen molar-refractivity contribution in [1.29, 1.82) is 5.26 Å². The lowest BCUT2D eigenvalue weighted by atomic mass is 10.1. The number of nitriles is 1. The summed E-state index contributed by atoms with van der Waals surface area (Å²) in [5.41, 5.74) is 6.92. The number of anilines is 2. The molecule has 1 aliphatic rings. The summed E-state index contributed by atoms with van der Waals surface area (Å²) in [6.07, 6.45) is 3.60. The third-order valence-electron chi connectivity index (χ3n) is 3.76. The van der Waals surface area contributed by atoms with Crippen LogP contribution in [0.15, 0.2) is 12.3 Å². The second-order valence-corrected chi connectivity index (χ2v) is 5.36. The fourth-order valence-electron chi connectivity index (χ4n) is 2.50. The Morgan fingerprint density at radius 1 is 1.38 bits per heavy atom. The summed E-state index contributed by atoms with van der Waals surface area (Å²) >= 11 is 0. The maximum absolute atomic E-state index is 8.89. The van der Waals surface area contributed by atoms with Crippen LogP contribution < -0.4 is 11.1 Å². The van der Waals surface area contributed by atoms with E-state index in [1.807, 2.05) is 6.07 Å². The van der Waals surface area contributed by atoms with Crippen molar-refractivity contribution in [2.24, 2.45) is 0 Å². The van der Waals surface area contributed by atoms with Gasteiger partial charge in [0, 0.05) is 12.2 Å². The molecule has 0 radical (unpaired) electrons. The van der Waals surface area contributed by atoms with Crippen molar-refractivity contribution in [3.8, 4) is 6.07 Å². The molecule has 2 aromatic heterocycles. The van der Waals surface area contributed by atoms with Crippen LogP contribution in [-0.4, -0.2) is 46.0 Å².